The zero-order valence-electron chi connectivity index (χ0n) is 15.0. The fraction of sp³-hybridized carbons (Fsp3) is 0.650. The largest absolute Gasteiger partial charge is 0.492 e. The molecule has 2 atom stereocenters. The van der Waals surface area contributed by atoms with Gasteiger partial charge in [0, 0.05) is 5.92 Å². The average molecular weight is 317 g/mol. The van der Waals surface area contributed by atoms with Crippen molar-refractivity contribution in [1.82, 2.24) is 5.32 Å². The van der Waals surface area contributed by atoms with E-state index >= 15 is 0 Å². The molecule has 1 saturated carbocycles. The molecule has 0 heterocycles. The fourth-order valence-electron chi connectivity index (χ4n) is 3.68. The maximum absolute atomic E-state index is 12.6. The molecule has 1 N–H and O–H groups in total. The Labute approximate surface area is 140 Å². The van der Waals surface area contributed by atoms with Crippen LogP contribution in [-0.2, 0) is 4.79 Å². The van der Waals surface area contributed by atoms with E-state index in [-0.39, 0.29) is 17.2 Å². The molecule has 3 nitrogen and oxygen atoms in total. The van der Waals surface area contributed by atoms with Crippen LogP contribution in [0.2, 0.25) is 0 Å². The second-order valence-electron chi connectivity index (χ2n) is 7.87. The van der Waals surface area contributed by atoms with E-state index < -0.39 is 0 Å². The Morgan fingerprint density at radius 1 is 1.30 bits per heavy atom. The SMILES string of the molecule is CC(C)C1CCC(C)(C)CC1C(=O)NCCOc1ccccc1. The second-order valence-corrected chi connectivity index (χ2v) is 7.87. The fourth-order valence-corrected chi connectivity index (χ4v) is 3.68. The summed E-state index contributed by atoms with van der Waals surface area (Å²) in [5.41, 5.74) is 0.272. The lowest BCUT2D eigenvalue weighted by molar-refractivity contribution is -0.130. The van der Waals surface area contributed by atoms with Gasteiger partial charge in [-0.2, -0.15) is 0 Å². The van der Waals surface area contributed by atoms with Gasteiger partial charge in [0.2, 0.25) is 5.91 Å². The zero-order valence-corrected chi connectivity index (χ0v) is 15.0. The van der Waals surface area contributed by atoms with Crippen LogP contribution in [0.1, 0.15) is 47.0 Å². The van der Waals surface area contributed by atoms with Gasteiger partial charge in [-0.15, -0.1) is 0 Å². The minimum absolute atomic E-state index is 0.135. The van der Waals surface area contributed by atoms with Gasteiger partial charge in [0.25, 0.3) is 0 Å². The predicted octanol–water partition coefficient (Wildman–Crippen LogP) is 4.28. The summed E-state index contributed by atoms with van der Waals surface area (Å²) in [7, 11) is 0. The Hall–Kier alpha value is -1.51. The Kier molecular flexibility index (Phi) is 6.09. The Morgan fingerprint density at radius 2 is 2.00 bits per heavy atom. The van der Waals surface area contributed by atoms with E-state index in [1.54, 1.807) is 0 Å². The maximum atomic E-state index is 12.6. The third-order valence-electron chi connectivity index (χ3n) is 5.05. The average Bonchev–Trinajstić information content (AvgIpc) is 2.51. The highest BCUT2D eigenvalue weighted by atomic mass is 16.5. The van der Waals surface area contributed by atoms with Crippen molar-refractivity contribution in [2.75, 3.05) is 13.2 Å². The number of nitrogens with one attached hydrogen (secondary N) is 1. The molecule has 1 aromatic rings. The number of rotatable bonds is 6. The number of carbonyl (C=O) groups excluding carboxylic acids is 1. The van der Waals surface area contributed by atoms with Gasteiger partial charge in [-0.05, 0) is 48.6 Å². The number of para-hydroxylation sites is 1. The highest BCUT2D eigenvalue weighted by Gasteiger charge is 2.39. The summed E-state index contributed by atoms with van der Waals surface area (Å²) in [5, 5.41) is 3.08. The van der Waals surface area contributed by atoms with Crippen LogP contribution in [0.5, 0.6) is 5.75 Å². The van der Waals surface area contributed by atoms with E-state index in [9.17, 15) is 4.79 Å². The van der Waals surface area contributed by atoms with E-state index in [0.29, 0.717) is 25.0 Å². The summed E-state index contributed by atoms with van der Waals surface area (Å²) in [5.74, 6) is 2.24. The number of ether oxygens (including phenoxy) is 1. The quantitative estimate of drug-likeness (QED) is 0.795. The first-order chi connectivity index (χ1) is 10.9. The first kappa shape index (κ1) is 17.8. The molecule has 1 amide bonds. The number of hydrogen-bond donors (Lipinski definition) is 1. The number of hydrogen-bond acceptors (Lipinski definition) is 2. The van der Waals surface area contributed by atoms with Gasteiger partial charge in [-0.25, -0.2) is 0 Å². The van der Waals surface area contributed by atoms with Crippen LogP contribution in [0.4, 0.5) is 0 Å². The van der Waals surface area contributed by atoms with Crippen molar-refractivity contribution >= 4 is 5.91 Å². The van der Waals surface area contributed by atoms with Crippen molar-refractivity contribution in [1.29, 1.82) is 0 Å². The minimum Gasteiger partial charge on any atom is -0.492 e. The van der Waals surface area contributed by atoms with Gasteiger partial charge in [0.1, 0.15) is 12.4 Å². The summed E-state index contributed by atoms with van der Waals surface area (Å²) in [6, 6.07) is 9.72. The van der Waals surface area contributed by atoms with Crippen LogP contribution in [0, 0.1) is 23.2 Å². The lowest BCUT2D eigenvalue weighted by atomic mass is 9.64. The van der Waals surface area contributed by atoms with E-state index in [2.05, 4.69) is 33.0 Å². The Morgan fingerprint density at radius 3 is 2.65 bits per heavy atom. The molecule has 128 valence electrons. The maximum Gasteiger partial charge on any atom is 0.223 e. The molecular weight excluding hydrogens is 286 g/mol. The van der Waals surface area contributed by atoms with Gasteiger partial charge in [-0.3, -0.25) is 4.79 Å². The summed E-state index contributed by atoms with van der Waals surface area (Å²) < 4.78 is 5.64. The molecule has 1 aliphatic rings. The molecule has 0 aromatic heterocycles. The molecule has 0 bridgehead atoms. The van der Waals surface area contributed by atoms with Gasteiger partial charge in [0.15, 0.2) is 0 Å². The third-order valence-corrected chi connectivity index (χ3v) is 5.05. The van der Waals surface area contributed by atoms with E-state index in [4.69, 9.17) is 4.74 Å². The van der Waals surface area contributed by atoms with Crippen molar-refractivity contribution < 1.29 is 9.53 Å². The predicted molar refractivity (Wildman–Crippen MR) is 94.4 cm³/mol. The smallest absolute Gasteiger partial charge is 0.223 e. The second kappa shape index (κ2) is 7.85. The van der Waals surface area contributed by atoms with E-state index in [1.807, 2.05) is 30.3 Å². The van der Waals surface area contributed by atoms with Gasteiger partial charge < -0.3 is 10.1 Å². The minimum atomic E-state index is 0.135. The standard InChI is InChI=1S/C20H31NO2/c1-15(2)17-10-11-20(3,4)14-18(17)19(22)21-12-13-23-16-8-6-5-7-9-16/h5-9,15,17-18H,10-14H2,1-4H3,(H,21,22). The number of amides is 1. The summed E-state index contributed by atoms with van der Waals surface area (Å²) in [6.45, 7) is 10.1. The first-order valence-electron chi connectivity index (χ1n) is 8.84. The molecular formula is C20H31NO2. The molecule has 2 unspecified atom stereocenters. The summed E-state index contributed by atoms with van der Waals surface area (Å²) in [4.78, 5) is 12.6. The highest BCUT2D eigenvalue weighted by molar-refractivity contribution is 5.79. The van der Waals surface area contributed by atoms with Crippen molar-refractivity contribution in [3.63, 3.8) is 0 Å². The highest BCUT2D eigenvalue weighted by Crippen LogP contribution is 2.44. The van der Waals surface area contributed by atoms with E-state index in [1.165, 1.54) is 6.42 Å². The van der Waals surface area contributed by atoms with Crippen molar-refractivity contribution in [3.05, 3.63) is 30.3 Å². The summed E-state index contributed by atoms with van der Waals surface area (Å²) >= 11 is 0. The lowest BCUT2D eigenvalue weighted by Gasteiger charge is -2.41. The zero-order chi connectivity index (χ0) is 16.9. The molecule has 1 fully saturated rings. The molecule has 2 rings (SSSR count). The normalized spacial score (nSPS) is 23.5. The van der Waals surface area contributed by atoms with E-state index in [0.717, 1.165) is 18.6 Å². The van der Waals surface area contributed by atoms with Crippen molar-refractivity contribution in [3.8, 4) is 5.75 Å². The van der Waals surface area contributed by atoms with Crippen LogP contribution in [-0.4, -0.2) is 19.1 Å². The van der Waals surface area contributed by atoms with Crippen LogP contribution in [0.25, 0.3) is 0 Å². The molecule has 3 heteroatoms. The number of benzene rings is 1. The van der Waals surface area contributed by atoms with Gasteiger partial charge in [0.05, 0.1) is 6.54 Å². The monoisotopic (exact) mass is 317 g/mol. The molecule has 0 radical (unpaired) electrons. The van der Waals surface area contributed by atoms with Crippen molar-refractivity contribution in [2.45, 2.75) is 47.0 Å². The topological polar surface area (TPSA) is 38.3 Å². The lowest BCUT2D eigenvalue weighted by Crippen LogP contribution is -2.43. The third kappa shape index (κ3) is 5.26. The molecule has 1 aromatic carbocycles. The first-order valence-corrected chi connectivity index (χ1v) is 8.84. The van der Waals surface area contributed by atoms with Crippen molar-refractivity contribution in [2.24, 2.45) is 23.2 Å². The summed E-state index contributed by atoms with van der Waals surface area (Å²) in [6.07, 6.45) is 3.36. The number of carbonyl (C=O) groups is 1. The van der Waals surface area contributed by atoms with Gasteiger partial charge in [-0.1, -0.05) is 45.9 Å². The molecule has 1 aliphatic carbocycles. The molecule has 0 saturated heterocycles. The van der Waals surface area contributed by atoms with Crippen LogP contribution in [0.3, 0.4) is 0 Å². The van der Waals surface area contributed by atoms with Gasteiger partial charge >= 0.3 is 0 Å². The van der Waals surface area contributed by atoms with Crippen LogP contribution < -0.4 is 10.1 Å². The van der Waals surface area contributed by atoms with Crippen LogP contribution >= 0.6 is 0 Å². The Balaban J connectivity index is 1.82. The molecule has 0 aliphatic heterocycles. The van der Waals surface area contributed by atoms with Crippen LogP contribution in [0.15, 0.2) is 30.3 Å². The molecule has 0 spiro atoms. The molecule has 23 heavy (non-hydrogen) atoms. The Bertz CT molecular complexity index is 496.